The van der Waals surface area contributed by atoms with Gasteiger partial charge in [0.15, 0.2) is 11.5 Å². The van der Waals surface area contributed by atoms with Gasteiger partial charge in [-0.15, -0.1) is 0 Å². The van der Waals surface area contributed by atoms with E-state index in [-0.39, 0.29) is 18.6 Å². The Morgan fingerprint density at radius 3 is 2.93 bits per heavy atom. The van der Waals surface area contributed by atoms with Gasteiger partial charge in [-0.1, -0.05) is 19.1 Å². The Hall–Kier alpha value is -3.02. The molecule has 29 heavy (non-hydrogen) atoms. The molecule has 0 saturated carbocycles. The molecule has 1 saturated heterocycles. The van der Waals surface area contributed by atoms with E-state index in [1.54, 1.807) is 6.07 Å². The average molecular weight is 391 g/mol. The third kappa shape index (κ3) is 3.22. The zero-order valence-corrected chi connectivity index (χ0v) is 16.6. The van der Waals surface area contributed by atoms with E-state index < -0.39 is 0 Å². The number of fused-ring (bicyclic) bond motifs is 2. The van der Waals surface area contributed by atoms with Gasteiger partial charge >= 0.3 is 0 Å². The largest absolute Gasteiger partial charge is 0.454 e. The number of benzene rings is 2. The van der Waals surface area contributed by atoms with Gasteiger partial charge in [-0.25, -0.2) is 4.98 Å². The van der Waals surface area contributed by atoms with Crippen LogP contribution in [0.25, 0.3) is 11.0 Å². The summed E-state index contributed by atoms with van der Waals surface area (Å²) in [5.41, 5.74) is 2.87. The number of rotatable bonds is 4. The zero-order chi connectivity index (χ0) is 19.8. The standard InChI is InChI=1S/C23H25N3O3/c1-2-11-26-19-8-4-3-7-18(19)24-22(26)17-6-5-12-25(14-17)23(27)16-9-10-20-21(13-16)29-15-28-20/h3-4,7-10,13,17H,2,5-6,11-12,14-15H2,1H3. The van der Waals surface area contributed by atoms with Crippen LogP contribution < -0.4 is 9.47 Å². The fraction of sp³-hybridized carbons (Fsp3) is 0.391. The predicted molar refractivity (Wildman–Crippen MR) is 110 cm³/mol. The van der Waals surface area contributed by atoms with Gasteiger partial charge in [0.25, 0.3) is 5.91 Å². The summed E-state index contributed by atoms with van der Waals surface area (Å²) in [5.74, 6) is 2.75. The Morgan fingerprint density at radius 2 is 2.03 bits per heavy atom. The van der Waals surface area contributed by atoms with Crippen molar-refractivity contribution < 1.29 is 14.3 Å². The van der Waals surface area contributed by atoms with Gasteiger partial charge in [0.05, 0.1) is 11.0 Å². The molecule has 150 valence electrons. The molecule has 0 spiro atoms. The molecule has 1 fully saturated rings. The van der Waals surface area contributed by atoms with E-state index in [1.807, 2.05) is 23.1 Å². The van der Waals surface area contributed by atoms with E-state index in [2.05, 4.69) is 29.7 Å². The summed E-state index contributed by atoms with van der Waals surface area (Å²) in [5, 5.41) is 0. The number of piperidine rings is 1. The molecule has 1 aromatic heterocycles. The Balaban J connectivity index is 1.42. The molecule has 6 nitrogen and oxygen atoms in total. The molecular weight excluding hydrogens is 366 g/mol. The van der Waals surface area contributed by atoms with Crippen molar-refractivity contribution >= 4 is 16.9 Å². The van der Waals surface area contributed by atoms with Crippen LogP contribution >= 0.6 is 0 Å². The minimum atomic E-state index is 0.0474. The first-order valence-corrected chi connectivity index (χ1v) is 10.4. The van der Waals surface area contributed by atoms with Crippen LogP contribution in [0.2, 0.25) is 0 Å². The number of imidazole rings is 1. The molecule has 0 radical (unpaired) electrons. The molecule has 2 aliphatic rings. The third-order valence-electron chi connectivity index (χ3n) is 5.82. The maximum Gasteiger partial charge on any atom is 0.254 e. The number of ether oxygens (including phenoxy) is 2. The van der Waals surface area contributed by atoms with E-state index in [0.29, 0.717) is 23.6 Å². The minimum Gasteiger partial charge on any atom is -0.454 e. The van der Waals surface area contributed by atoms with Crippen molar-refractivity contribution in [2.45, 2.75) is 38.6 Å². The van der Waals surface area contributed by atoms with Crippen molar-refractivity contribution in [3.05, 3.63) is 53.9 Å². The lowest BCUT2D eigenvalue weighted by Crippen LogP contribution is -2.39. The molecule has 5 rings (SSSR count). The number of hydrogen-bond acceptors (Lipinski definition) is 4. The highest BCUT2D eigenvalue weighted by molar-refractivity contribution is 5.95. The lowest BCUT2D eigenvalue weighted by molar-refractivity contribution is 0.0703. The monoisotopic (exact) mass is 391 g/mol. The number of para-hydroxylation sites is 2. The van der Waals surface area contributed by atoms with E-state index in [0.717, 1.165) is 43.7 Å². The number of likely N-dealkylation sites (tertiary alicyclic amines) is 1. The second-order valence-electron chi connectivity index (χ2n) is 7.77. The fourth-order valence-corrected chi connectivity index (χ4v) is 4.45. The van der Waals surface area contributed by atoms with Crippen LogP contribution in [0, 0.1) is 0 Å². The number of nitrogens with zero attached hydrogens (tertiary/aromatic N) is 3. The van der Waals surface area contributed by atoms with E-state index in [4.69, 9.17) is 14.5 Å². The summed E-state index contributed by atoms with van der Waals surface area (Å²) in [6, 6.07) is 13.7. The van der Waals surface area contributed by atoms with E-state index >= 15 is 0 Å². The van der Waals surface area contributed by atoms with Gasteiger partial charge in [0.2, 0.25) is 6.79 Å². The maximum absolute atomic E-state index is 13.2. The van der Waals surface area contributed by atoms with Crippen molar-refractivity contribution in [2.75, 3.05) is 19.9 Å². The van der Waals surface area contributed by atoms with Crippen molar-refractivity contribution in [2.24, 2.45) is 0 Å². The average Bonchev–Trinajstić information content (AvgIpc) is 3.38. The van der Waals surface area contributed by atoms with Crippen molar-refractivity contribution in [1.29, 1.82) is 0 Å². The molecule has 3 heterocycles. The van der Waals surface area contributed by atoms with Crippen LogP contribution in [0.4, 0.5) is 0 Å². The van der Waals surface area contributed by atoms with Gasteiger partial charge in [0, 0.05) is 31.1 Å². The molecule has 6 heteroatoms. The Bertz CT molecular complexity index is 1060. The summed E-state index contributed by atoms with van der Waals surface area (Å²) >= 11 is 0. The molecule has 3 aromatic rings. The summed E-state index contributed by atoms with van der Waals surface area (Å²) in [4.78, 5) is 20.1. The highest BCUT2D eigenvalue weighted by Gasteiger charge is 2.29. The Labute approximate surface area is 170 Å². The lowest BCUT2D eigenvalue weighted by Gasteiger charge is -2.33. The molecule has 1 atom stereocenters. The van der Waals surface area contributed by atoms with Crippen LogP contribution in [-0.2, 0) is 6.54 Å². The molecule has 0 aliphatic carbocycles. The van der Waals surface area contributed by atoms with Gasteiger partial charge in [-0.2, -0.15) is 0 Å². The van der Waals surface area contributed by atoms with Crippen LogP contribution in [0.5, 0.6) is 11.5 Å². The number of carbonyl (C=O) groups excluding carboxylic acids is 1. The maximum atomic E-state index is 13.2. The van der Waals surface area contributed by atoms with Crippen LogP contribution in [0.3, 0.4) is 0 Å². The van der Waals surface area contributed by atoms with Crippen molar-refractivity contribution in [3.8, 4) is 11.5 Å². The lowest BCUT2D eigenvalue weighted by atomic mass is 9.96. The highest BCUT2D eigenvalue weighted by Crippen LogP contribution is 2.34. The third-order valence-corrected chi connectivity index (χ3v) is 5.82. The van der Waals surface area contributed by atoms with Crippen LogP contribution in [0.1, 0.15) is 48.3 Å². The number of amides is 1. The SMILES string of the molecule is CCCn1c(C2CCCN(C(=O)c3ccc4c(c3)OCO4)C2)nc2ccccc21. The van der Waals surface area contributed by atoms with Gasteiger partial charge in [0.1, 0.15) is 5.82 Å². The normalized spacial score (nSPS) is 18.4. The van der Waals surface area contributed by atoms with E-state index in [9.17, 15) is 4.79 Å². The minimum absolute atomic E-state index is 0.0474. The van der Waals surface area contributed by atoms with Crippen LogP contribution in [0.15, 0.2) is 42.5 Å². The molecule has 0 bridgehead atoms. The Morgan fingerprint density at radius 1 is 1.17 bits per heavy atom. The second kappa shape index (κ2) is 7.43. The first kappa shape index (κ1) is 18.0. The van der Waals surface area contributed by atoms with Crippen molar-refractivity contribution in [3.63, 3.8) is 0 Å². The molecule has 0 N–H and O–H groups in total. The smallest absolute Gasteiger partial charge is 0.254 e. The van der Waals surface area contributed by atoms with E-state index in [1.165, 1.54) is 5.52 Å². The van der Waals surface area contributed by atoms with Gasteiger partial charge < -0.3 is 18.9 Å². The van der Waals surface area contributed by atoms with Crippen molar-refractivity contribution in [1.82, 2.24) is 14.5 Å². The molecule has 2 aliphatic heterocycles. The Kier molecular flexibility index (Phi) is 4.62. The predicted octanol–water partition coefficient (Wildman–Crippen LogP) is 4.19. The number of hydrogen-bond donors (Lipinski definition) is 0. The number of aromatic nitrogens is 2. The van der Waals surface area contributed by atoms with Crippen LogP contribution in [-0.4, -0.2) is 40.2 Å². The quantitative estimate of drug-likeness (QED) is 0.669. The van der Waals surface area contributed by atoms with Gasteiger partial charge in [-0.3, -0.25) is 4.79 Å². The summed E-state index contributed by atoms with van der Waals surface area (Å²) < 4.78 is 13.1. The highest BCUT2D eigenvalue weighted by atomic mass is 16.7. The second-order valence-corrected chi connectivity index (χ2v) is 7.77. The first-order chi connectivity index (χ1) is 14.2. The first-order valence-electron chi connectivity index (χ1n) is 10.4. The molecular formula is C23H25N3O3. The number of carbonyl (C=O) groups is 1. The summed E-state index contributed by atoms with van der Waals surface area (Å²) in [6.07, 6.45) is 3.09. The summed E-state index contributed by atoms with van der Waals surface area (Å²) in [7, 11) is 0. The summed E-state index contributed by atoms with van der Waals surface area (Å²) in [6.45, 7) is 4.82. The fourth-order valence-electron chi connectivity index (χ4n) is 4.45. The zero-order valence-electron chi connectivity index (χ0n) is 16.6. The number of aryl methyl sites for hydroxylation is 1. The van der Waals surface area contributed by atoms with Gasteiger partial charge in [-0.05, 0) is 49.6 Å². The molecule has 1 unspecified atom stereocenters. The molecule has 2 aromatic carbocycles. The topological polar surface area (TPSA) is 56.6 Å². The molecule has 1 amide bonds.